The fraction of sp³-hybridized carbons (Fsp3) is 0.500. The molecule has 0 bridgehead atoms. The van der Waals surface area contributed by atoms with E-state index in [0.29, 0.717) is 17.9 Å². The van der Waals surface area contributed by atoms with E-state index in [1.807, 2.05) is 13.1 Å². The van der Waals surface area contributed by atoms with Crippen molar-refractivity contribution in [3.8, 4) is 6.01 Å². The Morgan fingerprint density at radius 1 is 1.24 bits per heavy atom. The number of aromatic nitrogens is 5. The minimum absolute atomic E-state index is 0.0169. The zero-order valence-corrected chi connectivity index (χ0v) is 17.2. The summed E-state index contributed by atoms with van der Waals surface area (Å²) in [5.74, 6) is 1.37. The van der Waals surface area contributed by atoms with E-state index in [1.165, 1.54) is 5.56 Å². The van der Waals surface area contributed by atoms with Crippen LogP contribution in [0.5, 0.6) is 6.01 Å². The molecule has 9 heteroatoms. The first-order chi connectivity index (χ1) is 14.0. The van der Waals surface area contributed by atoms with Crippen LogP contribution in [-0.4, -0.2) is 56.8 Å². The van der Waals surface area contributed by atoms with Gasteiger partial charge in [0.15, 0.2) is 11.5 Å². The molecule has 1 atom stereocenters. The summed E-state index contributed by atoms with van der Waals surface area (Å²) in [7, 11) is 0. The summed E-state index contributed by atoms with van der Waals surface area (Å²) in [5.41, 5.74) is 9.80. The van der Waals surface area contributed by atoms with Gasteiger partial charge in [-0.1, -0.05) is 13.0 Å². The van der Waals surface area contributed by atoms with Gasteiger partial charge in [0.05, 0.1) is 18.0 Å². The molecule has 1 fully saturated rings. The predicted octanol–water partition coefficient (Wildman–Crippen LogP) is 1.59. The van der Waals surface area contributed by atoms with Gasteiger partial charge in [0, 0.05) is 38.8 Å². The van der Waals surface area contributed by atoms with E-state index in [-0.39, 0.29) is 12.1 Å². The molecule has 1 aliphatic rings. The number of nitrogens with two attached hydrogens (primary N) is 1. The van der Waals surface area contributed by atoms with Gasteiger partial charge in [-0.05, 0) is 31.4 Å². The lowest BCUT2D eigenvalue weighted by Gasteiger charge is -2.29. The number of hydrogen-bond acceptors (Lipinski definition) is 8. The standard InChI is InChI=1S/C20H28N8O/c1-4-14(3)29-20-25-17(21)19-24-12-16(28(19)26-20)10-15-9-13(2)18(23-11-15)27-7-5-22-6-8-27/h9,11-12,14,22H,4-8,10H2,1-3H3,(H2,21,25,26). The molecule has 0 aliphatic carbocycles. The topological polar surface area (TPSA) is 106 Å². The normalized spacial score (nSPS) is 15.6. The summed E-state index contributed by atoms with van der Waals surface area (Å²) in [4.78, 5) is 15.7. The zero-order chi connectivity index (χ0) is 20.4. The number of nitrogen functional groups attached to an aromatic ring is 1. The molecule has 1 saturated heterocycles. The summed E-state index contributed by atoms with van der Waals surface area (Å²) >= 11 is 0. The van der Waals surface area contributed by atoms with E-state index in [4.69, 9.17) is 15.5 Å². The van der Waals surface area contributed by atoms with Gasteiger partial charge in [0.1, 0.15) is 5.82 Å². The molecular formula is C20H28N8O. The Hall–Kier alpha value is -2.94. The highest BCUT2D eigenvalue weighted by molar-refractivity contribution is 5.60. The van der Waals surface area contributed by atoms with Crippen molar-refractivity contribution in [3.63, 3.8) is 0 Å². The van der Waals surface area contributed by atoms with Crippen LogP contribution >= 0.6 is 0 Å². The van der Waals surface area contributed by atoms with E-state index < -0.39 is 0 Å². The fourth-order valence-corrected chi connectivity index (χ4v) is 3.50. The second-order valence-electron chi connectivity index (χ2n) is 7.50. The van der Waals surface area contributed by atoms with Crippen LogP contribution in [0.2, 0.25) is 0 Å². The molecule has 154 valence electrons. The Kier molecular flexibility index (Phi) is 5.48. The Morgan fingerprint density at radius 3 is 2.76 bits per heavy atom. The third-order valence-electron chi connectivity index (χ3n) is 5.23. The Morgan fingerprint density at radius 2 is 2.03 bits per heavy atom. The monoisotopic (exact) mass is 396 g/mol. The summed E-state index contributed by atoms with van der Waals surface area (Å²) in [6.45, 7) is 10.1. The van der Waals surface area contributed by atoms with Crippen LogP contribution < -0.4 is 20.7 Å². The average Bonchev–Trinajstić information content (AvgIpc) is 3.12. The molecule has 3 N–H and O–H groups in total. The number of hydrogen-bond donors (Lipinski definition) is 2. The number of aryl methyl sites for hydroxylation is 1. The van der Waals surface area contributed by atoms with Crippen molar-refractivity contribution in [2.45, 2.75) is 39.7 Å². The van der Waals surface area contributed by atoms with E-state index in [2.05, 4.69) is 45.2 Å². The minimum Gasteiger partial charge on any atom is -0.459 e. The van der Waals surface area contributed by atoms with E-state index >= 15 is 0 Å². The van der Waals surface area contributed by atoms with Crippen LogP contribution in [-0.2, 0) is 6.42 Å². The van der Waals surface area contributed by atoms with Gasteiger partial charge < -0.3 is 20.7 Å². The molecule has 0 amide bonds. The number of ether oxygens (including phenoxy) is 1. The number of piperazine rings is 1. The number of anilines is 2. The Balaban J connectivity index is 1.59. The van der Waals surface area contributed by atoms with Gasteiger partial charge in [-0.15, -0.1) is 5.10 Å². The molecule has 29 heavy (non-hydrogen) atoms. The maximum Gasteiger partial charge on any atom is 0.336 e. The van der Waals surface area contributed by atoms with Gasteiger partial charge in [-0.25, -0.2) is 14.5 Å². The second kappa shape index (κ2) is 8.20. The highest BCUT2D eigenvalue weighted by Gasteiger charge is 2.16. The molecule has 9 nitrogen and oxygen atoms in total. The lowest BCUT2D eigenvalue weighted by atomic mass is 10.1. The quantitative estimate of drug-likeness (QED) is 0.647. The predicted molar refractivity (Wildman–Crippen MR) is 112 cm³/mol. The molecule has 3 aromatic rings. The minimum atomic E-state index is 0.0169. The number of imidazole rings is 1. The highest BCUT2D eigenvalue weighted by Crippen LogP contribution is 2.21. The molecule has 1 aliphatic heterocycles. The second-order valence-corrected chi connectivity index (χ2v) is 7.50. The number of rotatable bonds is 6. The van der Waals surface area contributed by atoms with Crippen molar-refractivity contribution >= 4 is 17.3 Å². The Bertz CT molecular complexity index is 996. The average molecular weight is 396 g/mol. The third-order valence-corrected chi connectivity index (χ3v) is 5.23. The number of pyridine rings is 1. The summed E-state index contributed by atoms with van der Waals surface area (Å²) in [5, 5.41) is 7.87. The van der Waals surface area contributed by atoms with Crippen LogP contribution in [0.15, 0.2) is 18.5 Å². The molecule has 3 aromatic heterocycles. The van der Waals surface area contributed by atoms with Crippen molar-refractivity contribution in [1.82, 2.24) is 29.9 Å². The van der Waals surface area contributed by atoms with Crippen molar-refractivity contribution in [2.75, 3.05) is 36.8 Å². The molecule has 4 rings (SSSR count). The largest absolute Gasteiger partial charge is 0.459 e. The van der Waals surface area contributed by atoms with Crippen LogP contribution in [0.1, 0.15) is 37.1 Å². The molecule has 0 spiro atoms. The third kappa shape index (κ3) is 4.09. The first-order valence-corrected chi connectivity index (χ1v) is 10.1. The molecule has 1 unspecified atom stereocenters. The lowest BCUT2D eigenvalue weighted by molar-refractivity contribution is 0.196. The molecule has 0 saturated carbocycles. The maximum atomic E-state index is 6.07. The fourth-order valence-electron chi connectivity index (χ4n) is 3.50. The zero-order valence-electron chi connectivity index (χ0n) is 17.2. The van der Waals surface area contributed by atoms with Gasteiger partial charge >= 0.3 is 6.01 Å². The van der Waals surface area contributed by atoms with E-state index in [9.17, 15) is 0 Å². The highest BCUT2D eigenvalue weighted by atomic mass is 16.5. The van der Waals surface area contributed by atoms with Crippen LogP contribution in [0.4, 0.5) is 11.6 Å². The number of nitrogens with zero attached hydrogens (tertiary/aromatic N) is 6. The van der Waals surface area contributed by atoms with E-state index in [1.54, 1.807) is 10.7 Å². The molecule has 0 radical (unpaired) electrons. The van der Waals surface area contributed by atoms with Crippen molar-refractivity contribution in [3.05, 3.63) is 35.3 Å². The van der Waals surface area contributed by atoms with Crippen LogP contribution in [0, 0.1) is 6.92 Å². The maximum absolute atomic E-state index is 6.07. The van der Waals surface area contributed by atoms with Crippen molar-refractivity contribution in [2.24, 2.45) is 0 Å². The number of fused-ring (bicyclic) bond motifs is 1. The van der Waals surface area contributed by atoms with Gasteiger partial charge in [0.25, 0.3) is 0 Å². The first kappa shape index (κ1) is 19.4. The smallest absolute Gasteiger partial charge is 0.336 e. The van der Waals surface area contributed by atoms with Crippen molar-refractivity contribution in [1.29, 1.82) is 0 Å². The van der Waals surface area contributed by atoms with Crippen molar-refractivity contribution < 1.29 is 4.74 Å². The van der Waals surface area contributed by atoms with E-state index in [0.717, 1.165) is 49.7 Å². The summed E-state index contributed by atoms with van der Waals surface area (Å²) in [6.07, 6.45) is 5.25. The molecular weight excluding hydrogens is 368 g/mol. The Labute approximate surface area is 170 Å². The lowest BCUT2D eigenvalue weighted by Crippen LogP contribution is -2.44. The molecule has 0 aromatic carbocycles. The van der Waals surface area contributed by atoms with Crippen LogP contribution in [0.3, 0.4) is 0 Å². The summed E-state index contributed by atoms with van der Waals surface area (Å²) < 4.78 is 7.48. The van der Waals surface area contributed by atoms with Gasteiger partial charge in [-0.3, -0.25) is 0 Å². The SMILES string of the molecule is CCC(C)Oc1nc(N)c2ncc(Cc3cnc(N4CCNCC4)c(C)c3)n2n1. The first-order valence-electron chi connectivity index (χ1n) is 10.1. The van der Waals surface area contributed by atoms with Gasteiger partial charge in [0.2, 0.25) is 0 Å². The van der Waals surface area contributed by atoms with Gasteiger partial charge in [-0.2, -0.15) is 4.98 Å². The molecule has 4 heterocycles. The number of nitrogens with one attached hydrogen (secondary N) is 1. The van der Waals surface area contributed by atoms with Crippen LogP contribution in [0.25, 0.3) is 5.65 Å². The summed E-state index contributed by atoms with van der Waals surface area (Å²) in [6, 6.07) is 2.46.